The molecular weight excluding hydrogens is 230 g/mol. The van der Waals surface area contributed by atoms with Crippen molar-refractivity contribution in [1.82, 2.24) is 0 Å². The Kier molecular flexibility index (Phi) is 3.80. The van der Waals surface area contributed by atoms with E-state index in [1.807, 2.05) is 6.07 Å². The van der Waals surface area contributed by atoms with Crippen molar-refractivity contribution in [2.75, 3.05) is 5.32 Å². The maximum absolute atomic E-state index is 11.6. The van der Waals surface area contributed by atoms with Crippen LogP contribution in [0.3, 0.4) is 0 Å². The summed E-state index contributed by atoms with van der Waals surface area (Å²) < 4.78 is 5.24. The first-order chi connectivity index (χ1) is 8.69. The van der Waals surface area contributed by atoms with Crippen LogP contribution >= 0.6 is 0 Å². The van der Waals surface area contributed by atoms with Crippen molar-refractivity contribution >= 4 is 11.8 Å². The molecule has 5 heteroatoms. The highest BCUT2D eigenvalue weighted by atomic mass is 16.6. The molecule has 0 radical (unpaired) electrons. The van der Waals surface area contributed by atoms with Gasteiger partial charge in [-0.2, -0.15) is 5.26 Å². The van der Waals surface area contributed by atoms with Gasteiger partial charge >= 0.3 is 6.09 Å². The molecule has 1 saturated carbocycles. The summed E-state index contributed by atoms with van der Waals surface area (Å²) in [4.78, 5) is 11.6. The van der Waals surface area contributed by atoms with E-state index in [-0.39, 0.29) is 12.1 Å². The zero-order chi connectivity index (χ0) is 13.0. The SMILES string of the molecule is N#Cc1ccc(NC(=O)OC2CCCC2N)cc1. The summed E-state index contributed by atoms with van der Waals surface area (Å²) >= 11 is 0. The first kappa shape index (κ1) is 12.4. The Labute approximate surface area is 106 Å². The van der Waals surface area contributed by atoms with Crippen molar-refractivity contribution < 1.29 is 9.53 Å². The predicted octanol–water partition coefficient (Wildman–Crippen LogP) is 1.99. The van der Waals surface area contributed by atoms with Gasteiger partial charge in [0, 0.05) is 11.7 Å². The predicted molar refractivity (Wildman–Crippen MR) is 66.9 cm³/mol. The van der Waals surface area contributed by atoms with Gasteiger partial charge in [0.25, 0.3) is 0 Å². The molecule has 0 saturated heterocycles. The smallest absolute Gasteiger partial charge is 0.411 e. The zero-order valence-electron chi connectivity index (χ0n) is 9.93. The normalized spacial score (nSPS) is 22.2. The molecule has 2 unspecified atom stereocenters. The van der Waals surface area contributed by atoms with Crippen LogP contribution in [0.5, 0.6) is 0 Å². The van der Waals surface area contributed by atoms with Gasteiger partial charge in [-0.05, 0) is 43.5 Å². The second kappa shape index (κ2) is 5.52. The molecule has 0 aromatic heterocycles. The van der Waals surface area contributed by atoms with Crippen LogP contribution in [0.15, 0.2) is 24.3 Å². The minimum absolute atomic E-state index is 0.0586. The molecule has 1 aromatic carbocycles. The molecule has 2 atom stereocenters. The van der Waals surface area contributed by atoms with Crippen LogP contribution in [0.4, 0.5) is 10.5 Å². The van der Waals surface area contributed by atoms with E-state index in [9.17, 15) is 4.79 Å². The fraction of sp³-hybridized carbons (Fsp3) is 0.385. The number of hydrogen-bond acceptors (Lipinski definition) is 4. The number of nitrogens with two attached hydrogens (primary N) is 1. The molecule has 0 bridgehead atoms. The lowest BCUT2D eigenvalue weighted by molar-refractivity contribution is 0.105. The molecule has 0 heterocycles. The van der Waals surface area contributed by atoms with E-state index >= 15 is 0 Å². The molecule has 0 spiro atoms. The van der Waals surface area contributed by atoms with Crippen LogP contribution in [-0.4, -0.2) is 18.2 Å². The van der Waals surface area contributed by atoms with Crippen LogP contribution in [0, 0.1) is 11.3 Å². The minimum atomic E-state index is -0.498. The van der Waals surface area contributed by atoms with E-state index < -0.39 is 6.09 Å². The second-order valence-corrected chi connectivity index (χ2v) is 4.35. The van der Waals surface area contributed by atoms with Crippen molar-refractivity contribution in [3.05, 3.63) is 29.8 Å². The number of carbonyl (C=O) groups is 1. The van der Waals surface area contributed by atoms with Crippen molar-refractivity contribution in [3.8, 4) is 6.07 Å². The lowest BCUT2D eigenvalue weighted by atomic mass is 10.2. The summed E-state index contributed by atoms with van der Waals surface area (Å²) in [6.07, 6.45) is 2.03. The van der Waals surface area contributed by atoms with Crippen molar-refractivity contribution in [2.45, 2.75) is 31.4 Å². The molecule has 1 amide bonds. The highest BCUT2D eigenvalue weighted by Gasteiger charge is 2.27. The zero-order valence-corrected chi connectivity index (χ0v) is 9.93. The third-order valence-corrected chi connectivity index (χ3v) is 3.02. The number of nitrogens with zero attached hydrogens (tertiary/aromatic N) is 1. The number of anilines is 1. The highest BCUT2D eigenvalue weighted by molar-refractivity contribution is 5.84. The largest absolute Gasteiger partial charge is 0.444 e. The molecule has 18 heavy (non-hydrogen) atoms. The van der Waals surface area contributed by atoms with Crippen LogP contribution in [0.25, 0.3) is 0 Å². The van der Waals surface area contributed by atoms with E-state index in [1.54, 1.807) is 24.3 Å². The fourth-order valence-corrected chi connectivity index (χ4v) is 2.01. The van der Waals surface area contributed by atoms with E-state index in [2.05, 4.69) is 5.32 Å². The summed E-state index contributed by atoms with van der Waals surface area (Å²) in [5, 5.41) is 11.3. The Morgan fingerprint density at radius 2 is 2.11 bits per heavy atom. The molecule has 5 nitrogen and oxygen atoms in total. The van der Waals surface area contributed by atoms with Crippen LogP contribution in [0.1, 0.15) is 24.8 Å². The quantitative estimate of drug-likeness (QED) is 0.833. The van der Waals surface area contributed by atoms with Gasteiger partial charge in [-0.1, -0.05) is 0 Å². The summed E-state index contributed by atoms with van der Waals surface area (Å²) in [6, 6.07) is 8.55. The fourth-order valence-electron chi connectivity index (χ4n) is 2.01. The lowest BCUT2D eigenvalue weighted by Crippen LogP contribution is -2.34. The van der Waals surface area contributed by atoms with Gasteiger partial charge in [-0.3, -0.25) is 5.32 Å². The average molecular weight is 245 g/mol. The van der Waals surface area contributed by atoms with Gasteiger partial charge in [-0.15, -0.1) is 0 Å². The van der Waals surface area contributed by atoms with Crippen molar-refractivity contribution in [3.63, 3.8) is 0 Å². The number of carbonyl (C=O) groups excluding carboxylic acids is 1. The van der Waals surface area contributed by atoms with Gasteiger partial charge < -0.3 is 10.5 Å². The number of nitriles is 1. The van der Waals surface area contributed by atoms with Gasteiger partial charge in [0.2, 0.25) is 0 Å². The maximum atomic E-state index is 11.6. The number of nitrogens with one attached hydrogen (secondary N) is 1. The highest BCUT2D eigenvalue weighted by Crippen LogP contribution is 2.21. The van der Waals surface area contributed by atoms with E-state index in [1.165, 1.54) is 0 Å². The van der Waals surface area contributed by atoms with E-state index in [4.69, 9.17) is 15.7 Å². The number of ether oxygens (including phenoxy) is 1. The average Bonchev–Trinajstić information content (AvgIpc) is 2.76. The summed E-state index contributed by atoms with van der Waals surface area (Å²) in [5.41, 5.74) is 6.97. The number of hydrogen-bond donors (Lipinski definition) is 2. The molecule has 2 rings (SSSR count). The topological polar surface area (TPSA) is 88.1 Å². The van der Waals surface area contributed by atoms with Crippen molar-refractivity contribution in [2.24, 2.45) is 5.73 Å². The van der Waals surface area contributed by atoms with Gasteiger partial charge in [0.1, 0.15) is 6.10 Å². The van der Waals surface area contributed by atoms with Crippen molar-refractivity contribution in [1.29, 1.82) is 5.26 Å². The Bertz CT molecular complexity index is 464. The summed E-state index contributed by atoms with van der Waals surface area (Å²) in [5.74, 6) is 0. The summed E-state index contributed by atoms with van der Waals surface area (Å²) in [6.45, 7) is 0. The third-order valence-electron chi connectivity index (χ3n) is 3.02. The Balaban J connectivity index is 1.88. The molecule has 1 aliphatic rings. The molecule has 0 aliphatic heterocycles. The van der Waals surface area contributed by atoms with E-state index in [0.717, 1.165) is 19.3 Å². The molecule has 3 N–H and O–H groups in total. The first-order valence-corrected chi connectivity index (χ1v) is 5.92. The van der Waals surface area contributed by atoms with E-state index in [0.29, 0.717) is 11.3 Å². The standard InChI is InChI=1S/C13H15N3O2/c14-8-9-4-6-10(7-5-9)16-13(17)18-12-3-1-2-11(12)15/h4-7,11-12H,1-3,15H2,(H,16,17). The maximum Gasteiger partial charge on any atom is 0.411 e. The van der Waals surface area contributed by atoms with Crippen LogP contribution < -0.4 is 11.1 Å². The molecule has 1 fully saturated rings. The molecule has 1 aliphatic carbocycles. The lowest BCUT2D eigenvalue weighted by Gasteiger charge is -2.16. The number of rotatable bonds is 2. The van der Waals surface area contributed by atoms with Gasteiger partial charge in [0.15, 0.2) is 0 Å². The first-order valence-electron chi connectivity index (χ1n) is 5.92. The number of benzene rings is 1. The Hall–Kier alpha value is -2.06. The Morgan fingerprint density at radius 1 is 1.39 bits per heavy atom. The second-order valence-electron chi connectivity index (χ2n) is 4.35. The van der Waals surface area contributed by atoms with Crippen LogP contribution in [-0.2, 0) is 4.74 Å². The molecular formula is C13H15N3O2. The molecule has 94 valence electrons. The minimum Gasteiger partial charge on any atom is -0.444 e. The van der Waals surface area contributed by atoms with Gasteiger partial charge in [-0.25, -0.2) is 4.79 Å². The molecule has 1 aromatic rings. The third kappa shape index (κ3) is 2.99. The van der Waals surface area contributed by atoms with Gasteiger partial charge in [0.05, 0.1) is 11.6 Å². The van der Waals surface area contributed by atoms with Crippen LogP contribution in [0.2, 0.25) is 0 Å². The summed E-state index contributed by atoms with van der Waals surface area (Å²) in [7, 11) is 0. The monoisotopic (exact) mass is 245 g/mol. The number of amides is 1. The Morgan fingerprint density at radius 3 is 2.67 bits per heavy atom.